The van der Waals surface area contributed by atoms with Crippen LogP contribution in [0.5, 0.6) is 0 Å². The zero-order valence-electron chi connectivity index (χ0n) is 11.4. The van der Waals surface area contributed by atoms with Gasteiger partial charge in [0.15, 0.2) is 0 Å². The molecule has 2 aromatic rings. The summed E-state index contributed by atoms with van der Waals surface area (Å²) in [5, 5.41) is 3.60. The molecule has 0 radical (unpaired) electrons. The average molecular weight is 322 g/mol. The number of imidazole rings is 1. The maximum absolute atomic E-state index is 4.32. The molecule has 0 aliphatic carbocycles. The molecule has 0 fully saturated rings. The van der Waals surface area contributed by atoms with Crippen molar-refractivity contribution in [2.75, 3.05) is 6.54 Å². The fourth-order valence-corrected chi connectivity index (χ4v) is 2.36. The van der Waals surface area contributed by atoms with Crippen molar-refractivity contribution in [1.29, 1.82) is 0 Å². The Labute approximate surface area is 123 Å². The summed E-state index contributed by atoms with van der Waals surface area (Å²) in [4.78, 5) is 7.50. The van der Waals surface area contributed by atoms with Gasteiger partial charge < -0.3 is 10.3 Å². The lowest BCUT2D eigenvalue weighted by atomic mass is 10.0. The molecule has 102 valence electrons. The Morgan fingerprint density at radius 1 is 1.42 bits per heavy atom. The first-order valence-corrected chi connectivity index (χ1v) is 7.47. The van der Waals surface area contributed by atoms with Crippen LogP contribution in [0.25, 0.3) is 0 Å². The summed E-state index contributed by atoms with van der Waals surface area (Å²) >= 11 is 3.55. The molecule has 2 rings (SSSR count). The zero-order valence-corrected chi connectivity index (χ0v) is 13.0. The maximum Gasteiger partial charge on any atom is 0.107 e. The highest BCUT2D eigenvalue weighted by molar-refractivity contribution is 9.10. The van der Waals surface area contributed by atoms with Crippen molar-refractivity contribution < 1.29 is 0 Å². The van der Waals surface area contributed by atoms with E-state index in [0.717, 1.165) is 29.7 Å². The molecule has 0 amide bonds. The molecule has 0 bridgehead atoms. The van der Waals surface area contributed by atoms with Gasteiger partial charge in [-0.15, -0.1) is 0 Å². The molecule has 1 aromatic heterocycles. The van der Waals surface area contributed by atoms with Crippen LogP contribution in [0, 0.1) is 6.92 Å². The summed E-state index contributed by atoms with van der Waals surface area (Å²) in [5.74, 6) is 1.02. The van der Waals surface area contributed by atoms with Crippen molar-refractivity contribution in [3.63, 3.8) is 0 Å². The summed E-state index contributed by atoms with van der Waals surface area (Å²) in [6.45, 7) is 5.32. The second-order valence-electron chi connectivity index (χ2n) is 4.76. The Balaban J connectivity index is 2.18. The second kappa shape index (κ2) is 6.87. The van der Waals surface area contributed by atoms with E-state index in [9.17, 15) is 0 Å². The third-order valence-electron chi connectivity index (χ3n) is 3.18. The van der Waals surface area contributed by atoms with Gasteiger partial charge >= 0.3 is 0 Å². The fourth-order valence-electron chi connectivity index (χ4n) is 2.11. The maximum atomic E-state index is 4.32. The Bertz CT molecular complexity index is 508. The van der Waals surface area contributed by atoms with Crippen molar-refractivity contribution in [2.24, 2.45) is 0 Å². The first-order valence-electron chi connectivity index (χ1n) is 6.68. The van der Waals surface area contributed by atoms with E-state index < -0.39 is 0 Å². The topological polar surface area (TPSA) is 40.7 Å². The van der Waals surface area contributed by atoms with Crippen LogP contribution < -0.4 is 5.32 Å². The molecule has 1 aromatic carbocycles. The number of benzene rings is 1. The first kappa shape index (κ1) is 14.3. The molecule has 1 heterocycles. The highest BCUT2D eigenvalue weighted by Gasteiger charge is 2.13. The number of aromatic nitrogens is 2. The molecule has 1 unspecified atom stereocenters. The normalized spacial score (nSPS) is 12.6. The standard InChI is InChI=1S/C15H20BrN3/c1-3-6-17-14(10-15-18-7-8-19-15)12-4-5-13(16)11(2)9-12/h4-5,7-9,14,17H,3,6,10H2,1-2H3,(H,18,19). The quantitative estimate of drug-likeness (QED) is 0.850. The van der Waals surface area contributed by atoms with Gasteiger partial charge in [-0.1, -0.05) is 35.0 Å². The van der Waals surface area contributed by atoms with Crippen molar-refractivity contribution in [3.05, 3.63) is 52.0 Å². The predicted molar refractivity (Wildman–Crippen MR) is 82.2 cm³/mol. The number of hydrogen-bond acceptors (Lipinski definition) is 2. The van der Waals surface area contributed by atoms with Crippen molar-refractivity contribution in [2.45, 2.75) is 32.7 Å². The van der Waals surface area contributed by atoms with Crippen LogP contribution in [0.3, 0.4) is 0 Å². The number of aryl methyl sites for hydroxylation is 1. The Morgan fingerprint density at radius 3 is 2.89 bits per heavy atom. The number of nitrogens with one attached hydrogen (secondary N) is 2. The molecule has 1 atom stereocenters. The predicted octanol–water partition coefficient (Wildman–Crippen LogP) is 3.76. The SMILES string of the molecule is CCCNC(Cc1ncc[nH]1)c1ccc(Br)c(C)c1. The lowest BCUT2D eigenvalue weighted by molar-refractivity contribution is 0.520. The van der Waals surface area contributed by atoms with Crippen molar-refractivity contribution in [3.8, 4) is 0 Å². The largest absolute Gasteiger partial charge is 0.349 e. The van der Waals surface area contributed by atoms with E-state index in [1.807, 2.05) is 6.20 Å². The van der Waals surface area contributed by atoms with Crippen LogP contribution in [0.15, 0.2) is 35.1 Å². The minimum absolute atomic E-state index is 0.304. The van der Waals surface area contributed by atoms with E-state index in [-0.39, 0.29) is 0 Å². The number of aromatic amines is 1. The van der Waals surface area contributed by atoms with E-state index >= 15 is 0 Å². The molecule has 0 saturated heterocycles. The van der Waals surface area contributed by atoms with Gasteiger partial charge in [0.2, 0.25) is 0 Å². The monoisotopic (exact) mass is 321 g/mol. The van der Waals surface area contributed by atoms with E-state index in [4.69, 9.17) is 0 Å². The van der Waals surface area contributed by atoms with Gasteiger partial charge in [0.05, 0.1) is 0 Å². The molecule has 0 aliphatic heterocycles. The third-order valence-corrected chi connectivity index (χ3v) is 4.07. The fraction of sp³-hybridized carbons (Fsp3) is 0.400. The molecular weight excluding hydrogens is 302 g/mol. The van der Waals surface area contributed by atoms with Crippen molar-refractivity contribution in [1.82, 2.24) is 15.3 Å². The summed E-state index contributed by atoms with van der Waals surface area (Å²) < 4.78 is 1.16. The summed E-state index contributed by atoms with van der Waals surface area (Å²) in [6.07, 6.45) is 5.69. The van der Waals surface area contributed by atoms with E-state index in [2.05, 4.69) is 63.3 Å². The number of nitrogens with zero attached hydrogens (tertiary/aromatic N) is 1. The summed E-state index contributed by atoms with van der Waals surface area (Å²) in [5.41, 5.74) is 2.57. The smallest absolute Gasteiger partial charge is 0.107 e. The third kappa shape index (κ3) is 3.91. The first-order chi connectivity index (χ1) is 9.20. The van der Waals surface area contributed by atoms with Crippen LogP contribution in [0.4, 0.5) is 0 Å². The van der Waals surface area contributed by atoms with Gasteiger partial charge in [-0.2, -0.15) is 0 Å². The number of H-pyrrole nitrogens is 1. The molecule has 2 N–H and O–H groups in total. The molecule has 0 spiro atoms. The lowest BCUT2D eigenvalue weighted by Gasteiger charge is -2.19. The molecule has 0 aliphatic rings. The van der Waals surface area contributed by atoms with Gasteiger partial charge in [-0.05, 0) is 37.1 Å². The molecule has 0 saturated carbocycles. The van der Waals surface area contributed by atoms with Crippen molar-refractivity contribution >= 4 is 15.9 Å². The Hall–Kier alpha value is -1.13. The highest BCUT2D eigenvalue weighted by atomic mass is 79.9. The van der Waals surface area contributed by atoms with Crippen LogP contribution in [0.1, 0.15) is 36.3 Å². The summed E-state index contributed by atoms with van der Waals surface area (Å²) in [7, 11) is 0. The van der Waals surface area contributed by atoms with Crippen LogP contribution >= 0.6 is 15.9 Å². The van der Waals surface area contributed by atoms with Gasteiger partial charge in [0.1, 0.15) is 5.82 Å². The molecule has 19 heavy (non-hydrogen) atoms. The minimum atomic E-state index is 0.304. The Morgan fingerprint density at radius 2 is 2.26 bits per heavy atom. The zero-order chi connectivity index (χ0) is 13.7. The second-order valence-corrected chi connectivity index (χ2v) is 5.61. The van der Waals surface area contributed by atoms with Gasteiger partial charge in [0.25, 0.3) is 0 Å². The van der Waals surface area contributed by atoms with E-state index in [0.29, 0.717) is 6.04 Å². The van der Waals surface area contributed by atoms with Crippen LogP contribution in [0.2, 0.25) is 0 Å². The van der Waals surface area contributed by atoms with Gasteiger partial charge in [0, 0.05) is 29.3 Å². The molecular formula is C15H20BrN3. The van der Waals surface area contributed by atoms with Crippen LogP contribution in [-0.2, 0) is 6.42 Å². The van der Waals surface area contributed by atoms with Crippen LogP contribution in [-0.4, -0.2) is 16.5 Å². The van der Waals surface area contributed by atoms with E-state index in [1.54, 1.807) is 6.20 Å². The molecule has 3 nitrogen and oxygen atoms in total. The Kier molecular flexibility index (Phi) is 5.16. The molecule has 4 heteroatoms. The summed E-state index contributed by atoms with van der Waals surface area (Å²) in [6, 6.07) is 6.83. The van der Waals surface area contributed by atoms with Gasteiger partial charge in [-0.3, -0.25) is 0 Å². The van der Waals surface area contributed by atoms with Gasteiger partial charge in [-0.25, -0.2) is 4.98 Å². The lowest BCUT2D eigenvalue weighted by Crippen LogP contribution is -2.24. The van der Waals surface area contributed by atoms with E-state index in [1.165, 1.54) is 11.1 Å². The number of hydrogen-bond donors (Lipinski definition) is 2. The number of rotatable bonds is 6. The minimum Gasteiger partial charge on any atom is -0.349 e. The highest BCUT2D eigenvalue weighted by Crippen LogP contribution is 2.23. The average Bonchev–Trinajstić information content (AvgIpc) is 2.91. The number of halogens is 1.